The number of benzene rings is 3. The molecule has 34 heavy (non-hydrogen) atoms. The molecule has 4 aromatic rings. The smallest absolute Gasteiger partial charge is 0.170 e. The first-order chi connectivity index (χ1) is 16.4. The highest BCUT2D eigenvalue weighted by molar-refractivity contribution is 5.83. The quantitative estimate of drug-likeness (QED) is 0.241. The molecule has 1 aromatic heterocycles. The number of halogens is 4. The van der Waals surface area contributed by atoms with E-state index in [2.05, 4.69) is 15.3 Å². The first kappa shape index (κ1) is 22.6. The molecule has 5 rings (SSSR count). The van der Waals surface area contributed by atoms with Crippen LogP contribution in [0, 0.1) is 30.2 Å². The highest BCUT2D eigenvalue weighted by Gasteiger charge is 2.27. The molecule has 0 atom stereocenters. The summed E-state index contributed by atoms with van der Waals surface area (Å²) in [7, 11) is 0. The third-order valence-corrected chi connectivity index (χ3v) is 6.59. The molecule has 0 bridgehead atoms. The molecule has 3 aromatic carbocycles. The summed E-state index contributed by atoms with van der Waals surface area (Å²) in [4.78, 5) is 7.19. The fourth-order valence-electron chi connectivity index (χ4n) is 4.79. The molecule has 1 aliphatic carbocycles. The average Bonchev–Trinajstić information content (AvgIpc) is 3.22. The van der Waals surface area contributed by atoms with Gasteiger partial charge in [-0.3, -0.25) is 0 Å². The highest BCUT2D eigenvalue weighted by atomic mass is 19.2. The number of nitrogens with one attached hydrogen (secondary N) is 2. The van der Waals surface area contributed by atoms with Crippen LogP contribution in [0.5, 0.6) is 0 Å². The summed E-state index contributed by atoms with van der Waals surface area (Å²) in [5.74, 6) is -5.05. The van der Waals surface area contributed by atoms with Crippen LogP contribution in [0.1, 0.15) is 43.5 Å². The predicted octanol–water partition coefficient (Wildman–Crippen LogP) is 7.18. The van der Waals surface area contributed by atoms with Gasteiger partial charge in [0.05, 0.1) is 22.2 Å². The summed E-state index contributed by atoms with van der Waals surface area (Å²) in [6.45, 7) is 2.37. The second-order valence-corrected chi connectivity index (χ2v) is 8.97. The normalized spacial score (nSPS) is 14.7. The van der Waals surface area contributed by atoms with Gasteiger partial charge >= 0.3 is 0 Å². The van der Waals surface area contributed by atoms with Crippen molar-refractivity contribution in [3.63, 3.8) is 0 Å². The molecule has 0 aliphatic heterocycles. The van der Waals surface area contributed by atoms with E-state index in [1.165, 1.54) is 43.5 Å². The van der Waals surface area contributed by atoms with Gasteiger partial charge in [-0.15, -0.1) is 0 Å². The number of H-pyrrole nitrogens is 1. The van der Waals surface area contributed by atoms with Gasteiger partial charge in [-0.2, -0.15) is 0 Å². The van der Waals surface area contributed by atoms with E-state index in [4.69, 9.17) is 0 Å². The molecule has 1 fully saturated rings. The van der Waals surface area contributed by atoms with Crippen LogP contribution in [0.25, 0.3) is 33.3 Å². The Bertz CT molecular complexity index is 1310. The van der Waals surface area contributed by atoms with Crippen molar-refractivity contribution in [3.05, 3.63) is 77.1 Å². The van der Waals surface area contributed by atoms with Crippen molar-refractivity contribution in [2.75, 3.05) is 0 Å². The van der Waals surface area contributed by atoms with Gasteiger partial charge < -0.3 is 10.3 Å². The summed E-state index contributed by atoms with van der Waals surface area (Å²) < 4.78 is 60.3. The van der Waals surface area contributed by atoms with Gasteiger partial charge in [-0.05, 0) is 48.6 Å². The molecule has 3 nitrogen and oxygen atoms in total. The molecule has 1 heterocycles. The maximum Gasteiger partial charge on any atom is 0.170 e. The van der Waals surface area contributed by atoms with E-state index in [9.17, 15) is 0 Å². The summed E-state index contributed by atoms with van der Waals surface area (Å²) in [6, 6.07) is 11.3. The lowest BCUT2D eigenvalue weighted by molar-refractivity contribution is 0.372. The zero-order chi connectivity index (χ0) is 23.8. The third kappa shape index (κ3) is 4.20. The summed E-state index contributed by atoms with van der Waals surface area (Å²) >= 11 is 0. The fourth-order valence-corrected chi connectivity index (χ4v) is 4.79. The van der Waals surface area contributed by atoms with Crippen molar-refractivity contribution in [2.24, 2.45) is 0 Å². The molecular weight excluding hydrogens is 442 g/mol. The number of hydrogen-bond acceptors (Lipinski definition) is 2. The van der Waals surface area contributed by atoms with Gasteiger partial charge in [-0.25, -0.2) is 22.5 Å². The van der Waals surface area contributed by atoms with E-state index in [0.29, 0.717) is 29.4 Å². The van der Waals surface area contributed by atoms with Crippen molar-refractivity contribution < 1.29 is 17.6 Å². The van der Waals surface area contributed by atoms with Gasteiger partial charge in [-0.1, -0.05) is 49.6 Å². The topological polar surface area (TPSA) is 40.7 Å². The Kier molecular flexibility index (Phi) is 6.13. The highest BCUT2D eigenvalue weighted by Crippen LogP contribution is 2.37. The van der Waals surface area contributed by atoms with Crippen LogP contribution >= 0.6 is 0 Å². The van der Waals surface area contributed by atoms with Crippen LogP contribution < -0.4 is 5.32 Å². The molecule has 0 radical (unpaired) electrons. The van der Waals surface area contributed by atoms with Crippen molar-refractivity contribution in [2.45, 2.75) is 51.6 Å². The number of fused-ring (bicyclic) bond motifs is 1. The molecule has 0 saturated heterocycles. The molecule has 0 unspecified atom stereocenters. The Balaban J connectivity index is 1.45. The molecule has 0 amide bonds. The fraction of sp³-hybridized carbons (Fsp3) is 0.296. The van der Waals surface area contributed by atoms with E-state index >= 15 is 17.6 Å². The molecule has 2 N–H and O–H groups in total. The molecule has 1 saturated carbocycles. The van der Waals surface area contributed by atoms with E-state index in [0.717, 1.165) is 18.4 Å². The number of rotatable bonds is 5. The van der Waals surface area contributed by atoms with E-state index in [1.54, 1.807) is 25.1 Å². The molecular formula is C27H25F4N3. The lowest BCUT2D eigenvalue weighted by Gasteiger charge is -2.22. The van der Waals surface area contributed by atoms with Crippen LogP contribution in [-0.2, 0) is 6.54 Å². The van der Waals surface area contributed by atoms with Crippen molar-refractivity contribution in [1.82, 2.24) is 15.3 Å². The van der Waals surface area contributed by atoms with Crippen LogP contribution in [0.15, 0.2) is 42.5 Å². The Morgan fingerprint density at radius 1 is 0.824 bits per heavy atom. The van der Waals surface area contributed by atoms with Gasteiger partial charge in [0.1, 0.15) is 5.82 Å². The standard InChI is InChI=1S/C27H25F4N3/c1-15-33-20-12-11-18(13-21(20)34-15)23-26(30)24(28)22(25(29)27(23)31)17-9-7-16(8-10-17)14-32-19-5-3-2-4-6-19/h7-13,19,32H,2-6,14H2,1H3,(H,33,34). The number of nitrogens with zero attached hydrogens (tertiary/aromatic N) is 1. The Morgan fingerprint density at radius 2 is 1.41 bits per heavy atom. The maximum absolute atomic E-state index is 15.1. The average molecular weight is 468 g/mol. The minimum Gasteiger partial charge on any atom is -0.342 e. The number of aromatic nitrogens is 2. The Hall–Kier alpha value is -3.19. The first-order valence-electron chi connectivity index (χ1n) is 11.6. The minimum atomic E-state index is -1.42. The summed E-state index contributed by atoms with van der Waals surface area (Å²) in [5, 5.41) is 3.50. The summed E-state index contributed by atoms with van der Waals surface area (Å²) in [6.07, 6.45) is 6.00. The van der Waals surface area contributed by atoms with Crippen LogP contribution in [-0.4, -0.2) is 16.0 Å². The van der Waals surface area contributed by atoms with Gasteiger partial charge in [0.2, 0.25) is 0 Å². The molecule has 7 heteroatoms. The molecule has 0 spiro atoms. The number of hydrogen-bond donors (Lipinski definition) is 2. The Labute approximate surface area is 195 Å². The van der Waals surface area contributed by atoms with Crippen LogP contribution in [0.2, 0.25) is 0 Å². The number of imidazole rings is 1. The maximum atomic E-state index is 15.1. The lowest BCUT2D eigenvalue weighted by Crippen LogP contribution is -2.30. The van der Waals surface area contributed by atoms with Gasteiger partial charge in [0, 0.05) is 12.6 Å². The molecule has 176 valence electrons. The lowest BCUT2D eigenvalue weighted by atomic mass is 9.95. The predicted molar refractivity (Wildman–Crippen MR) is 125 cm³/mol. The first-order valence-corrected chi connectivity index (χ1v) is 11.6. The number of aryl methyl sites for hydroxylation is 1. The van der Waals surface area contributed by atoms with Crippen molar-refractivity contribution in [3.8, 4) is 22.3 Å². The van der Waals surface area contributed by atoms with Gasteiger partial charge in [0.25, 0.3) is 0 Å². The number of aromatic amines is 1. The summed E-state index contributed by atoms with van der Waals surface area (Å²) in [5.41, 5.74) is 0.731. The minimum absolute atomic E-state index is 0.0274. The molecule has 1 aliphatic rings. The van der Waals surface area contributed by atoms with Crippen LogP contribution in [0.4, 0.5) is 17.6 Å². The second kappa shape index (κ2) is 9.22. The van der Waals surface area contributed by atoms with E-state index < -0.39 is 34.4 Å². The van der Waals surface area contributed by atoms with E-state index in [1.807, 2.05) is 0 Å². The van der Waals surface area contributed by atoms with Gasteiger partial charge in [0.15, 0.2) is 23.3 Å². The van der Waals surface area contributed by atoms with E-state index in [-0.39, 0.29) is 11.1 Å². The SMILES string of the molecule is Cc1nc2ccc(-c3c(F)c(F)c(-c4ccc(CNC5CCCCC5)cc4)c(F)c3F)cc2[nH]1. The van der Waals surface area contributed by atoms with Crippen molar-refractivity contribution in [1.29, 1.82) is 0 Å². The second-order valence-electron chi connectivity index (χ2n) is 8.97. The van der Waals surface area contributed by atoms with Crippen molar-refractivity contribution >= 4 is 11.0 Å². The zero-order valence-electron chi connectivity index (χ0n) is 18.8. The zero-order valence-corrected chi connectivity index (χ0v) is 18.8. The monoisotopic (exact) mass is 467 g/mol. The third-order valence-electron chi connectivity index (χ3n) is 6.59. The van der Waals surface area contributed by atoms with Crippen LogP contribution in [0.3, 0.4) is 0 Å². The largest absolute Gasteiger partial charge is 0.342 e. The Morgan fingerprint density at radius 3 is 2.06 bits per heavy atom.